The second kappa shape index (κ2) is 19.0. The number of hydrogen-bond acceptors (Lipinski definition) is 11. The van der Waals surface area contributed by atoms with E-state index in [2.05, 4.69) is 36.6 Å². The van der Waals surface area contributed by atoms with Gasteiger partial charge in [-0.15, -0.1) is 0 Å². The normalized spacial score (nSPS) is 17.4. The number of aromatic nitrogens is 5. The number of aromatic amines is 2. The summed E-state index contributed by atoms with van der Waals surface area (Å²) in [6, 6.07) is 15.5. The van der Waals surface area contributed by atoms with Crippen LogP contribution in [0.5, 0.6) is 0 Å². The number of H-pyrrole nitrogens is 2. The molecule has 5 amide bonds. The number of benzene rings is 2. The Hall–Kier alpha value is -6.98. The number of carbonyl (C=O) groups excluding carboxylic acids is 5. The Morgan fingerprint density at radius 1 is 0.667 bits per heavy atom. The zero-order chi connectivity index (χ0) is 44.9. The summed E-state index contributed by atoms with van der Waals surface area (Å²) in [5.41, 5.74) is 5.85. The average Bonchev–Trinajstić information content (AvgIpc) is 4.11. The Morgan fingerprint density at radius 3 is 1.81 bits per heavy atom. The van der Waals surface area contributed by atoms with Gasteiger partial charge in [-0.05, 0) is 48.4 Å². The minimum Gasteiger partial charge on any atom is -0.453 e. The maximum Gasteiger partial charge on any atom is 0.409 e. The van der Waals surface area contributed by atoms with Crippen molar-refractivity contribution in [3.8, 4) is 33.8 Å². The first-order chi connectivity index (χ1) is 30.3. The second-order valence-electron chi connectivity index (χ2n) is 16.4. The average molecular weight is 863 g/mol. The van der Waals surface area contributed by atoms with E-state index in [0.29, 0.717) is 18.2 Å². The van der Waals surface area contributed by atoms with Crippen molar-refractivity contribution in [1.29, 1.82) is 0 Å². The lowest BCUT2D eigenvalue weighted by atomic mass is 10.0. The molecule has 18 heteroatoms. The van der Waals surface area contributed by atoms with Gasteiger partial charge in [0.15, 0.2) is 0 Å². The van der Waals surface area contributed by atoms with Crippen molar-refractivity contribution in [1.82, 2.24) is 50.3 Å². The van der Waals surface area contributed by atoms with Crippen molar-refractivity contribution in [2.45, 2.75) is 64.7 Å². The van der Waals surface area contributed by atoms with Gasteiger partial charge >= 0.3 is 18.3 Å². The number of methoxy groups -OCH3 is 3. The molecule has 2 aliphatic heterocycles. The highest BCUT2D eigenvalue weighted by Crippen LogP contribution is 2.34. The van der Waals surface area contributed by atoms with Gasteiger partial charge in [-0.3, -0.25) is 9.59 Å². The number of fused-ring (bicyclic) bond motifs is 1. The van der Waals surface area contributed by atoms with E-state index < -0.39 is 36.4 Å². The van der Waals surface area contributed by atoms with Crippen molar-refractivity contribution in [3.63, 3.8) is 0 Å². The number of nitrogens with zero attached hydrogens (tertiary/aromatic N) is 6. The Labute approximate surface area is 365 Å². The lowest BCUT2D eigenvalue weighted by Crippen LogP contribution is -2.58. The number of nitrogens with one attached hydrogen (secondary N) is 4. The van der Waals surface area contributed by atoms with E-state index in [1.165, 1.54) is 26.2 Å². The number of imidazole rings is 2. The molecule has 7 rings (SSSR count). The summed E-state index contributed by atoms with van der Waals surface area (Å²) in [5.74, 6) is 0.355. The summed E-state index contributed by atoms with van der Waals surface area (Å²) in [4.78, 5) is 90.3. The molecule has 5 aromatic rings. The van der Waals surface area contributed by atoms with E-state index in [1.807, 2.05) is 76.2 Å². The molecule has 63 heavy (non-hydrogen) atoms. The Bertz CT molecular complexity index is 2460. The third-order valence-electron chi connectivity index (χ3n) is 11.7. The highest BCUT2D eigenvalue weighted by molar-refractivity contribution is 5.88. The molecule has 4 N–H and O–H groups in total. The molecule has 2 aromatic carbocycles. The summed E-state index contributed by atoms with van der Waals surface area (Å²) < 4.78 is 14.5. The fraction of sp³-hybridized carbons (Fsp3) is 0.422. The Balaban J connectivity index is 1.06. The molecule has 332 valence electrons. The number of piperazine rings is 1. The van der Waals surface area contributed by atoms with Gasteiger partial charge in [0.1, 0.15) is 29.8 Å². The molecule has 0 unspecified atom stereocenters. The third-order valence-corrected chi connectivity index (χ3v) is 11.7. The van der Waals surface area contributed by atoms with Gasteiger partial charge in [-0.1, -0.05) is 64.1 Å². The van der Waals surface area contributed by atoms with Crippen molar-refractivity contribution in [2.75, 3.05) is 47.5 Å². The largest absolute Gasteiger partial charge is 0.453 e. The molecule has 0 spiro atoms. The van der Waals surface area contributed by atoms with Crippen LogP contribution in [0.25, 0.3) is 44.7 Å². The first kappa shape index (κ1) is 44.1. The number of hydrogen-bond donors (Lipinski definition) is 4. The Kier molecular flexibility index (Phi) is 13.3. The highest BCUT2D eigenvalue weighted by atomic mass is 16.5. The smallest absolute Gasteiger partial charge is 0.409 e. The van der Waals surface area contributed by atoms with E-state index in [0.717, 1.165) is 57.5 Å². The zero-order valence-corrected chi connectivity index (χ0v) is 36.5. The molecule has 0 radical (unpaired) electrons. The third kappa shape index (κ3) is 9.44. The fourth-order valence-corrected chi connectivity index (χ4v) is 8.23. The topological polar surface area (TPSA) is 217 Å². The first-order valence-electron chi connectivity index (χ1n) is 21.0. The standard InChI is InChI=1S/C45H54N10O8/c1-25(2)37(51-43(58)61-5)41(56)54-18-8-9-35(54)39-46-23-34(50-39)30-15-17-32-29(21-30)14-16-31(48-32)27-10-12-28(13-11-27)33-22-47-40(49-33)36-24-53(45(60)63-7)19-20-55(36)42(57)38(26(3)4)52-44(59)62-6/h10-17,21-23,25-26,35-38H,8-9,18-20,24H2,1-7H3,(H,46,50)(H,47,49)(H,51,58)(H,52,59)/t35-,36-,37-,38-/m0/s1. The van der Waals surface area contributed by atoms with E-state index in [4.69, 9.17) is 19.2 Å². The van der Waals surface area contributed by atoms with Gasteiger partial charge in [0, 0.05) is 36.1 Å². The minimum absolute atomic E-state index is 0.125. The van der Waals surface area contributed by atoms with Crippen LogP contribution in [0, 0.1) is 11.8 Å². The number of likely N-dealkylation sites (tertiary alicyclic amines) is 1. The highest BCUT2D eigenvalue weighted by Gasteiger charge is 2.40. The van der Waals surface area contributed by atoms with Crippen LogP contribution >= 0.6 is 0 Å². The van der Waals surface area contributed by atoms with Gasteiger partial charge in [0.25, 0.3) is 0 Å². The van der Waals surface area contributed by atoms with Crippen LogP contribution in [0.4, 0.5) is 14.4 Å². The molecule has 0 bridgehead atoms. The van der Waals surface area contributed by atoms with Gasteiger partial charge in [0.05, 0.1) is 68.9 Å². The van der Waals surface area contributed by atoms with E-state index in [1.54, 1.807) is 22.2 Å². The molecule has 0 saturated carbocycles. The zero-order valence-electron chi connectivity index (χ0n) is 36.5. The monoisotopic (exact) mass is 862 g/mol. The maximum atomic E-state index is 13.9. The lowest BCUT2D eigenvalue weighted by molar-refractivity contribution is -0.139. The van der Waals surface area contributed by atoms with Gasteiger partial charge in [-0.2, -0.15) is 0 Å². The van der Waals surface area contributed by atoms with Crippen molar-refractivity contribution in [2.24, 2.45) is 11.8 Å². The van der Waals surface area contributed by atoms with E-state index in [-0.39, 0.29) is 49.3 Å². The van der Waals surface area contributed by atoms with Crippen molar-refractivity contribution < 1.29 is 38.2 Å². The van der Waals surface area contributed by atoms with Crippen LogP contribution in [-0.4, -0.2) is 129 Å². The number of pyridine rings is 1. The molecule has 2 aliphatic rings. The molecule has 18 nitrogen and oxygen atoms in total. The summed E-state index contributed by atoms with van der Waals surface area (Å²) in [7, 11) is 3.84. The SMILES string of the molecule is COC(=O)N[C@H](C(=O)N1CCC[C@H]1c1ncc(-c2ccc3nc(-c4ccc(-c5cnc([C@@H]6CN(C(=O)OC)CCN6C(=O)[C@@H](NC(=O)OC)C(C)C)[nH]5)cc4)ccc3c2)[nH]1)C(C)C. The molecule has 3 aromatic heterocycles. The predicted octanol–water partition coefficient (Wildman–Crippen LogP) is 6.06. The molecule has 4 atom stereocenters. The molecule has 2 saturated heterocycles. The summed E-state index contributed by atoms with van der Waals surface area (Å²) in [6.07, 6.45) is 3.21. The van der Waals surface area contributed by atoms with Crippen molar-refractivity contribution >= 4 is 41.0 Å². The quantitative estimate of drug-likeness (QED) is 0.112. The summed E-state index contributed by atoms with van der Waals surface area (Å²) in [5, 5.41) is 6.29. The predicted molar refractivity (Wildman–Crippen MR) is 233 cm³/mol. The number of ether oxygens (including phenoxy) is 3. The molecule has 2 fully saturated rings. The summed E-state index contributed by atoms with van der Waals surface area (Å²) >= 11 is 0. The van der Waals surface area contributed by atoms with Crippen LogP contribution in [0.15, 0.2) is 67.0 Å². The number of alkyl carbamates (subject to hydrolysis) is 2. The first-order valence-corrected chi connectivity index (χ1v) is 21.0. The molecular weight excluding hydrogens is 809 g/mol. The molecular formula is C45H54N10O8. The second-order valence-corrected chi connectivity index (χ2v) is 16.4. The van der Waals surface area contributed by atoms with Crippen LogP contribution in [0.3, 0.4) is 0 Å². The van der Waals surface area contributed by atoms with Gasteiger partial charge in [0.2, 0.25) is 11.8 Å². The van der Waals surface area contributed by atoms with Gasteiger partial charge in [-0.25, -0.2) is 29.3 Å². The Morgan fingerprint density at radius 2 is 1.22 bits per heavy atom. The maximum absolute atomic E-state index is 13.9. The molecule has 0 aliphatic carbocycles. The fourth-order valence-electron chi connectivity index (χ4n) is 8.23. The van der Waals surface area contributed by atoms with Gasteiger partial charge < -0.3 is 49.5 Å². The number of carbonyl (C=O) groups is 5. The van der Waals surface area contributed by atoms with Crippen LogP contribution in [0.2, 0.25) is 0 Å². The van der Waals surface area contributed by atoms with E-state index >= 15 is 0 Å². The lowest BCUT2D eigenvalue weighted by Gasteiger charge is -2.41. The number of rotatable bonds is 11. The van der Waals surface area contributed by atoms with Crippen molar-refractivity contribution in [3.05, 3.63) is 78.6 Å². The van der Waals surface area contributed by atoms with Crippen LogP contribution < -0.4 is 10.6 Å². The van der Waals surface area contributed by atoms with Crippen LogP contribution in [0.1, 0.15) is 64.3 Å². The van der Waals surface area contributed by atoms with E-state index in [9.17, 15) is 24.0 Å². The minimum atomic E-state index is -0.849. The summed E-state index contributed by atoms with van der Waals surface area (Å²) in [6.45, 7) is 8.64. The number of amides is 5. The molecule has 5 heterocycles. The van der Waals surface area contributed by atoms with Crippen LogP contribution in [-0.2, 0) is 23.8 Å².